The van der Waals surface area contributed by atoms with E-state index in [4.69, 9.17) is 4.74 Å². The summed E-state index contributed by atoms with van der Waals surface area (Å²) in [6.07, 6.45) is -2.28. The van der Waals surface area contributed by atoms with E-state index in [1.807, 2.05) is 25.8 Å². The number of aliphatic imine (C=N–C) groups is 1. The van der Waals surface area contributed by atoms with E-state index in [0.717, 1.165) is 6.21 Å². The molecular formula is C30H34F5N5O4. The molecule has 3 amide bonds. The van der Waals surface area contributed by atoms with Crippen LogP contribution in [-0.2, 0) is 14.3 Å². The second kappa shape index (κ2) is 12.3. The van der Waals surface area contributed by atoms with Gasteiger partial charge in [-0.3, -0.25) is 14.5 Å². The number of hydrogen-bond acceptors (Lipinski definition) is 6. The number of amides is 3. The first-order valence-electron chi connectivity index (χ1n) is 14.4. The second-order valence-electron chi connectivity index (χ2n) is 11.8. The molecule has 1 N–H and O–H groups in total. The Labute approximate surface area is 251 Å². The summed E-state index contributed by atoms with van der Waals surface area (Å²) in [6, 6.07) is 2.93. The summed E-state index contributed by atoms with van der Waals surface area (Å²) in [7, 11) is 1.98. The van der Waals surface area contributed by atoms with Crippen LogP contribution in [0.4, 0.5) is 38.1 Å². The standard InChI is InChI=1S/C30H34F5N5O4/c1-16-14-40(15-17(2)38(16)3)25-10-23(31)20(8-24(25)37-28(42)22-13-36-26(41)9-21(22)27(32)33)18-4-6-39(7-5-18)29(43)44-19-11-30(34,35)12-19/h4,8-10,13,16-17,19,22,27H,5-7,11-12,14-15H2,1-3H3,(H,37,42)/t16-,17+,22?. The van der Waals surface area contributed by atoms with Crippen LogP contribution in [0.2, 0.25) is 0 Å². The van der Waals surface area contributed by atoms with Crippen molar-refractivity contribution in [2.24, 2.45) is 10.9 Å². The van der Waals surface area contributed by atoms with Gasteiger partial charge in [0.15, 0.2) is 0 Å². The van der Waals surface area contributed by atoms with Crippen LogP contribution < -0.4 is 10.2 Å². The Morgan fingerprint density at radius 2 is 1.82 bits per heavy atom. The lowest BCUT2D eigenvalue weighted by molar-refractivity contribution is -0.147. The highest BCUT2D eigenvalue weighted by molar-refractivity contribution is 6.11. The molecule has 4 aliphatic rings. The lowest BCUT2D eigenvalue weighted by atomic mass is 9.91. The van der Waals surface area contributed by atoms with E-state index in [2.05, 4.69) is 15.2 Å². The molecule has 44 heavy (non-hydrogen) atoms. The van der Waals surface area contributed by atoms with E-state index in [1.165, 1.54) is 17.0 Å². The molecule has 1 aromatic carbocycles. The molecule has 1 saturated carbocycles. The average Bonchev–Trinajstić information content (AvgIpc) is 2.95. The maximum absolute atomic E-state index is 15.8. The minimum Gasteiger partial charge on any atom is -0.446 e. The number of hydrogen-bond donors (Lipinski definition) is 1. The molecule has 0 spiro atoms. The zero-order chi connectivity index (χ0) is 31.9. The van der Waals surface area contributed by atoms with Crippen molar-refractivity contribution in [2.75, 3.05) is 43.4 Å². The Kier molecular flexibility index (Phi) is 8.83. The van der Waals surface area contributed by atoms with Crippen LogP contribution in [-0.4, -0.2) is 97.7 Å². The first-order chi connectivity index (χ1) is 20.7. The van der Waals surface area contributed by atoms with Crippen LogP contribution in [0.3, 0.4) is 0 Å². The Balaban J connectivity index is 1.41. The highest BCUT2D eigenvalue weighted by Crippen LogP contribution is 2.40. The average molecular weight is 624 g/mol. The number of benzene rings is 1. The smallest absolute Gasteiger partial charge is 0.410 e. The van der Waals surface area contributed by atoms with E-state index in [0.29, 0.717) is 30.4 Å². The second-order valence-corrected chi connectivity index (χ2v) is 11.8. The lowest BCUT2D eigenvalue weighted by Crippen LogP contribution is -2.55. The molecule has 2 fully saturated rings. The van der Waals surface area contributed by atoms with Crippen LogP contribution in [0, 0.1) is 11.7 Å². The Hall–Kier alpha value is -3.81. The normalized spacial score (nSPS) is 25.8. The minimum absolute atomic E-state index is 0.0583. The van der Waals surface area contributed by atoms with Gasteiger partial charge in [0.1, 0.15) is 17.8 Å². The molecule has 3 heterocycles. The minimum atomic E-state index is -3.06. The van der Waals surface area contributed by atoms with Gasteiger partial charge in [-0.2, -0.15) is 0 Å². The zero-order valence-corrected chi connectivity index (χ0v) is 24.5. The maximum atomic E-state index is 15.8. The number of dihydropyridines is 1. The molecule has 1 unspecified atom stereocenters. The number of carbonyl (C=O) groups excluding carboxylic acids is 3. The first-order valence-corrected chi connectivity index (χ1v) is 14.4. The fraction of sp³-hybridized carbons (Fsp3) is 0.533. The number of likely N-dealkylation sites (N-methyl/N-ethyl adjacent to an activating group) is 1. The Morgan fingerprint density at radius 3 is 2.41 bits per heavy atom. The molecule has 238 valence electrons. The predicted octanol–water partition coefficient (Wildman–Crippen LogP) is 4.74. The third-order valence-electron chi connectivity index (χ3n) is 8.71. The number of piperazine rings is 1. The predicted molar refractivity (Wildman–Crippen MR) is 154 cm³/mol. The molecule has 9 nitrogen and oxygen atoms in total. The number of halogens is 5. The van der Waals surface area contributed by atoms with Crippen molar-refractivity contribution in [3.05, 3.63) is 41.2 Å². The van der Waals surface area contributed by atoms with Gasteiger partial charge in [0.2, 0.25) is 5.91 Å². The van der Waals surface area contributed by atoms with Crippen molar-refractivity contribution < 1.29 is 41.1 Å². The van der Waals surface area contributed by atoms with Crippen LogP contribution in [0.1, 0.15) is 38.7 Å². The van der Waals surface area contributed by atoms with Crippen molar-refractivity contribution >= 4 is 41.1 Å². The van der Waals surface area contributed by atoms with E-state index in [9.17, 15) is 31.9 Å². The van der Waals surface area contributed by atoms with E-state index >= 15 is 4.39 Å². The Bertz CT molecular complexity index is 1410. The number of carbonyl (C=O) groups is 3. The van der Waals surface area contributed by atoms with E-state index < -0.39 is 66.5 Å². The molecule has 0 aromatic heterocycles. The van der Waals surface area contributed by atoms with Gasteiger partial charge < -0.3 is 19.9 Å². The van der Waals surface area contributed by atoms with Crippen LogP contribution in [0.5, 0.6) is 0 Å². The van der Waals surface area contributed by atoms with Crippen molar-refractivity contribution in [2.45, 2.75) is 63.6 Å². The van der Waals surface area contributed by atoms with Crippen molar-refractivity contribution in [1.29, 1.82) is 0 Å². The molecular weight excluding hydrogens is 589 g/mol. The SMILES string of the molecule is C[C@@H]1CN(c2cc(F)c(C3=CCN(C(=O)OC4CC(F)(F)C4)CC3)cc2NC(=O)C2C=NC(=O)C=C2C(F)F)C[C@H](C)N1C. The van der Waals surface area contributed by atoms with Gasteiger partial charge in [0.05, 0.1) is 11.4 Å². The van der Waals surface area contributed by atoms with Gasteiger partial charge in [-0.05, 0) is 45.0 Å². The first kappa shape index (κ1) is 31.6. The quantitative estimate of drug-likeness (QED) is 0.461. The van der Waals surface area contributed by atoms with Gasteiger partial charge in [0.25, 0.3) is 18.3 Å². The number of ether oxygens (including phenoxy) is 1. The van der Waals surface area contributed by atoms with E-state index in [-0.39, 0.29) is 42.8 Å². The monoisotopic (exact) mass is 623 g/mol. The topological polar surface area (TPSA) is 94.5 Å². The summed E-state index contributed by atoms with van der Waals surface area (Å²) in [6.45, 7) is 5.26. The number of nitrogens with zero attached hydrogens (tertiary/aromatic N) is 4. The van der Waals surface area contributed by atoms with Crippen molar-refractivity contribution in [1.82, 2.24) is 9.80 Å². The third kappa shape index (κ3) is 6.64. The largest absolute Gasteiger partial charge is 0.446 e. The van der Waals surface area contributed by atoms with Gasteiger partial charge in [-0.15, -0.1) is 0 Å². The molecule has 5 rings (SSSR count). The molecule has 1 saturated heterocycles. The Morgan fingerprint density at radius 1 is 1.14 bits per heavy atom. The summed E-state index contributed by atoms with van der Waals surface area (Å²) >= 11 is 0. The molecule has 14 heteroatoms. The summed E-state index contributed by atoms with van der Waals surface area (Å²) in [4.78, 5) is 46.3. The van der Waals surface area contributed by atoms with Gasteiger partial charge in [-0.1, -0.05) is 6.08 Å². The molecule has 3 atom stereocenters. The highest BCUT2D eigenvalue weighted by atomic mass is 19.3. The van der Waals surface area contributed by atoms with Crippen molar-refractivity contribution in [3.63, 3.8) is 0 Å². The summed E-state index contributed by atoms with van der Waals surface area (Å²) in [5.74, 6) is -6.63. The summed E-state index contributed by atoms with van der Waals surface area (Å²) < 4.78 is 74.5. The molecule has 3 aliphatic heterocycles. The van der Waals surface area contributed by atoms with Crippen LogP contribution in [0.15, 0.2) is 34.9 Å². The van der Waals surface area contributed by atoms with Gasteiger partial charge >= 0.3 is 6.09 Å². The van der Waals surface area contributed by atoms with E-state index in [1.54, 1.807) is 6.08 Å². The van der Waals surface area contributed by atoms with Crippen LogP contribution in [0.25, 0.3) is 5.57 Å². The fourth-order valence-electron chi connectivity index (χ4n) is 5.89. The number of alkyl halides is 4. The van der Waals surface area contributed by atoms with Gasteiger partial charge in [-0.25, -0.2) is 31.7 Å². The summed E-state index contributed by atoms with van der Waals surface area (Å²) in [5, 5.41) is 2.68. The maximum Gasteiger partial charge on any atom is 0.410 e. The molecule has 0 radical (unpaired) electrons. The molecule has 1 aliphatic carbocycles. The van der Waals surface area contributed by atoms with Gasteiger partial charge in [0, 0.05) is 74.5 Å². The number of rotatable bonds is 6. The zero-order valence-electron chi connectivity index (χ0n) is 24.5. The lowest BCUT2D eigenvalue weighted by Gasteiger charge is -2.44. The molecule has 0 bridgehead atoms. The number of anilines is 2. The molecule has 1 aromatic rings. The highest BCUT2D eigenvalue weighted by Gasteiger charge is 2.48. The van der Waals surface area contributed by atoms with Crippen LogP contribution >= 0.6 is 0 Å². The third-order valence-corrected chi connectivity index (χ3v) is 8.71. The summed E-state index contributed by atoms with van der Waals surface area (Å²) in [5.41, 5.74) is 0.588. The fourth-order valence-corrected chi connectivity index (χ4v) is 5.89. The van der Waals surface area contributed by atoms with Crippen molar-refractivity contribution in [3.8, 4) is 0 Å². The number of nitrogens with one attached hydrogen (secondary N) is 1.